The van der Waals surface area contributed by atoms with E-state index in [9.17, 15) is 0 Å². The van der Waals surface area contributed by atoms with E-state index >= 15 is 0 Å². The van der Waals surface area contributed by atoms with Gasteiger partial charge in [-0.25, -0.2) is 15.0 Å². The van der Waals surface area contributed by atoms with E-state index in [2.05, 4.69) is 22.6 Å². The monoisotopic (exact) mass is 371 g/mol. The Balaban J connectivity index is 1.57. The Hall–Kier alpha value is -3.25. The molecule has 5 nitrogen and oxygen atoms in total. The normalized spacial score (nSPS) is 12.5. The number of para-hydroxylation sites is 3. The minimum Gasteiger partial charge on any atom is -0.360 e. The Labute approximate surface area is 160 Å². The summed E-state index contributed by atoms with van der Waals surface area (Å²) in [4.78, 5) is 17.6. The van der Waals surface area contributed by atoms with E-state index in [1.54, 1.807) is 11.3 Å². The topological polar surface area (TPSA) is 66.5 Å². The Morgan fingerprint density at radius 1 is 0.926 bits per heavy atom. The van der Waals surface area contributed by atoms with Gasteiger partial charge in [-0.3, -0.25) is 0 Å². The minimum absolute atomic E-state index is 0.0222. The molecule has 5 aromatic rings. The van der Waals surface area contributed by atoms with Gasteiger partial charge in [0.15, 0.2) is 5.82 Å². The van der Waals surface area contributed by atoms with Crippen LogP contribution in [-0.2, 0) is 0 Å². The molecule has 0 saturated heterocycles. The van der Waals surface area contributed by atoms with Crippen molar-refractivity contribution in [1.29, 1.82) is 0 Å². The summed E-state index contributed by atoms with van der Waals surface area (Å²) in [6.07, 6.45) is 0. The number of fused-ring (bicyclic) bond motifs is 2. The molecule has 1 unspecified atom stereocenters. The van der Waals surface area contributed by atoms with Gasteiger partial charge >= 0.3 is 0 Å². The van der Waals surface area contributed by atoms with Crippen LogP contribution >= 0.6 is 11.3 Å². The molecule has 132 valence electrons. The van der Waals surface area contributed by atoms with Gasteiger partial charge in [0, 0.05) is 16.3 Å². The summed E-state index contributed by atoms with van der Waals surface area (Å²) in [6.45, 7) is 2.08. The lowest BCUT2D eigenvalue weighted by Gasteiger charge is -2.15. The number of H-pyrrole nitrogens is 1. The van der Waals surface area contributed by atoms with Crippen LogP contribution < -0.4 is 5.32 Å². The zero-order valence-electron chi connectivity index (χ0n) is 14.7. The highest BCUT2D eigenvalue weighted by Crippen LogP contribution is 2.28. The van der Waals surface area contributed by atoms with E-state index in [1.807, 2.05) is 60.0 Å². The van der Waals surface area contributed by atoms with Crippen molar-refractivity contribution in [2.75, 3.05) is 5.32 Å². The number of thiophene rings is 1. The first-order chi connectivity index (χ1) is 13.3. The van der Waals surface area contributed by atoms with Crippen LogP contribution in [0.15, 0.2) is 65.4 Å². The highest BCUT2D eigenvalue weighted by molar-refractivity contribution is 7.08. The smallest absolute Gasteiger partial charge is 0.162 e. The first-order valence-corrected chi connectivity index (χ1v) is 9.73. The van der Waals surface area contributed by atoms with Gasteiger partial charge in [0.1, 0.15) is 11.6 Å². The zero-order chi connectivity index (χ0) is 18.2. The fourth-order valence-corrected chi connectivity index (χ4v) is 3.79. The lowest BCUT2D eigenvalue weighted by atomic mass is 10.2. The van der Waals surface area contributed by atoms with Crippen molar-refractivity contribution in [2.45, 2.75) is 13.0 Å². The van der Waals surface area contributed by atoms with Gasteiger partial charge < -0.3 is 10.3 Å². The summed E-state index contributed by atoms with van der Waals surface area (Å²) in [5.74, 6) is 2.43. The molecule has 2 aromatic carbocycles. The molecule has 6 heteroatoms. The van der Waals surface area contributed by atoms with E-state index in [-0.39, 0.29) is 6.04 Å². The van der Waals surface area contributed by atoms with E-state index < -0.39 is 0 Å². The summed E-state index contributed by atoms with van der Waals surface area (Å²) in [5.41, 5.74) is 3.96. The molecule has 0 aliphatic rings. The molecule has 3 aromatic heterocycles. The molecular weight excluding hydrogens is 354 g/mol. The number of hydrogen-bond donors (Lipinski definition) is 2. The average Bonchev–Trinajstić information content (AvgIpc) is 3.37. The highest BCUT2D eigenvalue weighted by atomic mass is 32.1. The Morgan fingerprint density at radius 3 is 2.56 bits per heavy atom. The van der Waals surface area contributed by atoms with Gasteiger partial charge in [-0.2, -0.15) is 11.3 Å². The summed E-state index contributed by atoms with van der Waals surface area (Å²) in [6, 6.07) is 18.1. The predicted octanol–water partition coefficient (Wildman–Crippen LogP) is 5.41. The summed E-state index contributed by atoms with van der Waals surface area (Å²) in [5, 5.41) is 8.63. The second-order valence-corrected chi connectivity index (χ2v) is 7.21. The predicted molar refractivity (Wildman–Crippen MR) is 111 cm³/mol. The van der Waals surface area contributed by atoms with Gasteiger partial charge in [-0.05, 0) is 42.6 Å². The number of rotatable bonds is 4. The quantitative estimate of drug-likeness (QED) is 0.443. The van der Waals surface area contributed by atoms with E-state index in [1.165, 1.54) is 0 Å². The van der Waals surface area contributed by atoms with Crippen molar-refractivity contribution in [3.05, 3.63) is 71.2 Å². The molecule has 0 amide bonds. The summed E-state index contributed by atoms with van der Waals surface area (Å²) < 4.78 is 0. The summed E-state index contributed by atoms with van der Waals surface area (Å²) >= 11 is 1.64. The van der Waals surface area contributed by atoms with Crippen molar-refractivity contribution in [2.24, 2.45) is 0 Å². The van der Waals surface area contributed by atoms with E-state index in [0.29, 0.717) is 0 Å². The maximum absolute atomic E-state index is 4.81. The molecule has 0 aliphatic heterocycles. The maximum atomic E-state index is 4.81. The number of anilines is 1. The third-order valence-electron chi connectivity index (χ3n) is 4.55. The van der Waals surface area contributed by atoms with Crippen LogP contribution in [0, 0.1) is 0 Å². The molecule has 5 rings (SSSR count). The van der Waals surface area contributed by atoms with Crippen LogP contribution in [0.1, 0.15) is 18.8 Å². The van der Waals surface area contributed by atoms with Gasteiger partial charge in [-0.1, -0.05) is 24.3 Å². The Morgan fingerprint density at radius 2 is 1.74 bits per heavy atom. The fourth-order valence-electron chi connectivity index (χ4n) is 3.16. The van der Waals surface area contributed by atoms with Gasteiger partial charge in [0.2, 0.25) is 0 Å². The number of nitrogens with one attached hydrogen (secondary N) is 2. The average molecular weight is 371 g/mol. The Kier molecular flexibility index (Phi) is 3.83. The first-order valence-electron chi connectivity index (χ1n) is 8.78. The third-order valence-corrected chi connectivity index (χ3v) is 5.24. The number of nitrogens with zero attached hydrogens (tertiary/aromatic N) is 3. The lowest BCUT2D eigenvalue weighted by Crippen LogP contribution is -2.11. The van der Waals surface area contributed by atoms with Crippen LogP contribution in [0.2, 0.25) is 0 Å². The molecule has 1 atom stereocenters. The second-order valence-electron chi connectivity index (χ2n) is 6.43. The molecule has 0 radical (unpaired) electrons. The first kappa shape index (κ1) is 16.0. The van der Waals surface area contributed by atoms with Crippen molar-refractivity contribution in [1.82, 2.24) is 19.9 Å². The van der Waals surface area contributed by atoms with Crippen LogP contribution in [0.3, 0.4) is 0 Å². The van der Waals surface area contributed by atoms with Crippen molar-refractivity contribution < 1.29 is 0 Å². The largest absolute Gasteiger partial charge is 0.360 e. The Bertz CT molecular complexity index is 1190. The van der Waals surface area contributed by atoms with Crippen molar-refractivity contribution >= 4 is 39.1 Å². The van der Waals surface area contributed by atoms with Crippen LogP contribution in [0.25, 0.3) is 33.3 Å². The zero-order valence-corrected chi connectivity index (χ0v) is 15.5. The van der Waals surface area contributed by atoms with Crippen molar-refractivity contribution in [3.63, 3.8) is 0 Å². The van der Waals surface area contributed by atoms with E-state index in [0.717, 1.165) is 45.0 Å². The molecule has 2 N–H and O–H groups in total. The molecule has 27 heavy (non-hydrogen) atoms. The molecule has 0 saturated carbocycles. The maximum Gasteiger partial charge on any atom is 0.162 e. The number of benzene rings is 2. The fraction of sp³-hybridized carbons (Fsp3) is 0.0952. The van der Waals surface area contributed by atoms with Crippen LogP contribution in [0.4, 0.5) is 5.82 Å². The highest BCUT2D eigenvalue weighted by Gasteiger charge is 2.15. The van der Waals surface area contributed by atoms with E-state index in [4.69, 9.17) is 15.0 Å². The van der Waals surface area contributed by atoms with Crippen LogP contribution in [-0.4, -0.2) is 19.9 Å². The van der Waals surface area contributed by atoms with Crippen molar-refractivity contribution in [3.8, 4) is 11.4 Å². The van der Waals surface area contributed by atoms with Gasteiger partial charge in [0.05, 0.1) is 22.6 Å². The molecule has 0 aliphatic carbocycles. The number of aromatic nitrogens is 4. The van der Waals surface area contributed by atoms with Gasteiger partial charge in [0.25, 0.3) is 0 Å². The molecule has 3 heterocycles. The molecule has 0 spiro atoms. The molecule has 0 bridgehead atoms. The number of imidazole rings is 1. The number of hydrogen-bond acceptors (Lipinski definition) is 5. The second kappa shape index (κ2) is 6.48. The standard InChI is InChI=1S/C21H17N5S/c1-13(19-24-17-8-4-5-9-18(17)25-19)22-21-15-6-2-3-7-16(15)23-20(26-21)14-10-11-27-12-14/h2-13H,1H3,(H,24,25)(H,22,23,26). The van der Waals surface area contributed by atoms with Crippen LogP contribution in [0.5, 0.6) is 0 Å². The lowest BCUT2D eigenvalue weighted by molar-refractivity contribution is 0.810. The molecule has 0 fully saturated rings. The molecular formula is C21H17N5S. The van der Waals surface area contributed by atoms with Gasteiger partial charge in [-0.15, -0.1) is 0 Å². The SMILES string of the molecule is CC(Nc1nc(-c2ccsc2)nc2ccccc12)c1nc2ccccc2[nH]1. The third kappa shape index (κ3) is 2.94. The number of aromatic amines is 1. The summed E-state index contributed by atoms with van der Waals surface area (Å²) in [7, 11) is 0. The minimum atomic E-state index is -0.0222.